The van der Waals surface area contributed by atoms with Gasteiger partial charge in [-0.25, -0.2) is 4.90 Å². The molecule has 0 aromatic heterocycles. The van der Waals surface area contributed by atoms with Gasteiger partial charge in [0.2, 0.25) is 5.91 Å². The van der Waals surface area contributed by atoms with Crippen LogP contribution in [0.5, 0.6) is 5.75 Å². The fourth-order valence-electron chi connectivity index (χ4n) is 2.94. The molecule has 0 unspecified atom stereocenters. The smallest absolute Gasteiger partial charge is 0.311 e. The number of nitrogens with zero attached hydrogens (tertiary/aromatic N) is 2. The van der Waals surface area contributed by atoms with Gasteiger partial charge in [-0.05, 0) is 24.3 Å². The maximum Gasteiger partial charge on any atom is 0.311 e. The highest BCUT2D eigenvalue weighted by atomic mass is 35.5. The first-order valence-corrected chi connectivity index (χ1v) is 8.05. The zero-order valence-electron chi connectivity index (χ0n) is 14.2. The molecule has 0 atom stereocenters. The first kappa shape index (κ1) is 18.4. The summed E-state index contributed by atoms with van der Waals surface area (Å²) in [4.78, 5) is 36.2. The second-order valence-corrected chi connectivity index (χ2v) is 6.13. The molecule has 0 saturated heterocycles. The summed E-state index contributed by atoms with van der Waals surface area (Å²) in [6.07, 6.45) is 0. The van der Waals surface area contributed by atoms with E-state index in [2.05, 4.69) is 0 Å². The molecule has 9 heteroatoms. The number of rotatable bonds is 3. The molecule has 0 fully saturated rings. The zero-order valence-corrected chi connectivity index (χ0v) is 15.0. The Labute approximate surface area is 158 Å². The molecule has 1 heterocycles. The Hall–Kier alpha value is -3.39. The zero-order chi connectivity index (χ0) is 19.9. The number of benzene rings is 2. The number of nitro benzene ring substituents is 1. The molecule has 0 spiro atoms. The van der Waals surface area contributed by atoms with Crippen LogP contribution in [0.15, 0.2) is 36.4 Å². The van der Waals surface area contributed by atoms with Crippen molar-refractivity contribution in [3.05, 3.63) is 62.7 Å². The van der Waals surface area contributed by atoms with Gasteiger partial charge >= 0.3 is 5.69 Å². The van der Waals surface area contributed by atoms with Crippen LogP contribution < -0.4 is 4.90 Å². The van der Waals surface area contributed by atoms with Gasteiger partial charge < -0.3 is 9.84 Å². The SMILES string of the molecule is COC(=C1C(=O)N(C(C)=O)c2cc(Cl)ccc21)c1ccc(O)c([N+](=O)[O-])c1. The van der Waals surface area contributed by atoms with Crippen molar-refractivity contribution < 1.29 is 24.4 Å². The molecular weight excluding hydrogens is 376 g/mol. The lowest BCUT2D eigenvalue weighted by Crippen LogP contribution is -2.31. The largest absolute Gasteiger partial charge is 0.502 e. The summed E-state index contributed by atoms with van der Waals surface area (Å²) in [5.41, 5.74) is 0.453. The molecule has 2 aromatic carbocycles. The predicted molar refractivity (Wildman–Crippen MR) is 98.2 cm³/mol. The number of phenols is 1. The van der Waals surface area contributed by atoms with E-state index >= 15 is 0 Å². The lowest BCUT2D eigenvalue weighted by Gasteiger charge is -2.13. The minimum Gasteiger partial charge on any atom is -0.502 e. The number of nitro groups is 1. The van der Waals surface area contributed by atoms with Gasteiger partial charge in [-0.1, -0.05) is 17.7 Å². The van der Waals surface area contributed by atoms with Crippen LogP contribution in [0.25, 0.3) is 11.3 Å². The number of aromatic hydroxyl groups is 1. The van der Waals surface area contributed by atoms with Crippen LogP contribution in [0.3, 0.4) is 0 Å². The maximum absolute atomic E-state index is 12.9. The summed E-state index contributed by atoms with van der Waals surface area (Å²) in [7, 11) is 1.31. The molecule has 3 rings (SSSR count). The Morgan fingerprint density at radius 1 is 1.26 bits per heavy atom. The summed E-state index contributed by atoms with van der Waals surface area (Å²) in [6.45, 7) is 1.24. The van der Waals surface area contributed by atoms with Crippen LogP contribution in [-0.4, -0.2) is 29.0 Å². The number of anilines is 1. The third-order valence-corrected chi connectivity index (χ3v) is 4.30. The molecule has 0 bridgehead atoms. The minimum atomic E-state index is -0.747. The maximum atomic E-state index is 12.9. The van der Waals surface area contributed by atoms with Crippen LogP contribution in [0, 0.1) is 10.1 Å². The van der Waals surface area contributed by atoms with E-state index in [1.54, 1.807) is 12.1 Å². The second-order valence-electron chi connectivity index (χ2n) is 5.69. The number of carbonyl (C=O) groups is 2. The Morgan fingerprint density at radius 3 is 2.56 bits per heavy atom. The van der Waals surface area contributed by atoms with Crippen molar-refractivity contribution >= 4 is 46.1 Å². The van der Waals surface area contributed by atoms with Gasteiger partial charge in [0.15, 0.2) is 5.75 Å². The monoisotopic (exact) mass is 388 g/mol. The van der Waals surface area contributed by atoms with Crippen LogP contribution in [0.4, 0.5) is 11.4 Å². The van der Waals surface area contributed by atoms with Crippen molar-refractivity contribution in [2.45, 2.75) is 6.92 Å². The molecule has 27 heavy (non-hydrogen) atoms. The van der Waals surface area contributed by atoms with Crippen molar-refractivity contribution in [2.24, 2.45) is 0 Å². The first-order chi connectivity index (χ1) is 12.8. The number of hydrogen-bond donors (Lipinski definition) is 1. The van der Waals surface area contributed by atoms with Crippen molar-refractivity contribution in [1.82, 2.24) is 0 Å². The van der Waals surface area contributed by atoms with Gasteiger partial charge in [0.1, 0.15) is 5.76 Å². The van der Waals surface area contributed by atoms with Gasteiger partial charge in [-0.3, -0.25) is 19.7 Å². The molecule has 1 N–H and O–H groups in total. The molecule has 1 aliphatic heterocycles. The van der Waals surface area contributed by atoms with E-state index in [0.29, 0.717) is 16.3 Å². The third-order valence-electron chi connectivity index (χ3n) is 4.07. The Bertz CT molecular complexity index is 1030. The van der Waals surface area contributed by atoms with Crippen molar-refractivity contribution in [3.63, 3.8) is 0 Å². The topological polar surface area (TPSA) is 110 Å². The molecule has 138 valence electrons. The Morgan fingerprint density at radius 2 is 1.96 bits per heavy atom. The number of hydrogen-bond acceptors (Lipinski definition) is 6. The fourth-order valence-corrected chi connectivity index (χ4v) is 3.11. The third kappa shape index (κ3) is 3.00. The van der Waals surface area contributed by atoms with Crippen LogP contribution in [0.2, 0.25) is 5.02 Å². The number of halogens is 1. The van der Waals surface area contributed by atoms with Gasteiger partial charge in [-0.15, -0.1) is 0 Å². The quantitative estimate of drug-likeness (QED) is 0.373. The number of ether oxygens (including phenoxy) is 1. The molecule has 2 amide bonds. The highest BCUT2D eigenvalue weighted by Gasteiger charge is 2.38. The average Bonchev–Trinajstić information content (AvgIpc) is 2.88. The number of carbonyl (C=O) groups excluding carboxylic acids is 2. The standard InChI is InChI=1S/C18H13ClN2O6/c1-9(22)20-13-8-11(19)4-5-12(13)16(18(20)24)17(27-2)10-3-6-15(23)14(7-10)21(25)26/h3-8,23H,1-2H3. The highest BCUT2D eigenvalue weighted by molar-refractivity contribution is 6.43. The van der Waals surface area contributed by atoms with E-state index in [0.717, 1.165) is 17.0 Å². The van der Waals surface area contributed by atoms with E-state index in [-0.39, 0.29) is 16.9 Å². The van der Waals surface area contributed by atoms with Crippen LogP contribution >= 0.6 is 11.6 Å². The lowest BCUT2D eigenvalue weighted by atomic mass is 10.0. The van der Waals surface area contributed by atoms with Crippen molar-refractivity contribution in [2.75, 3.05) is 12.0 Å². The molecule has 1 aliphatic rings. The lowest BCUT2D eigenvalue weighted by molar-refractivity contribution is -0.385. The van der Waals surface area contributed by atoms with Crippen LogP contribution in [0.1, 0.15) is 18.1 Å². The summed E-state index contributed by atoms with van der Waals surface area (Å²) in [5.74, 6) is -1.62. The summed E-state index contributed by atoms with van der Waals surface area (Å²) in [5, 5.41) is 21.1. The number of phenolic OH excluding ortho intramolecular Hbond substituents is 1. The van der Waals surface area contributed by atoms with E-state index in [1.165, 1.54) is 26.2 Å². The molecule has 8 nitrogen and oxygen atoms in total. The van der Waals surface area contributed by atoms with Crippen molar-refractivity contribution in [1.29, 1.82) is 0 Å². The number of amides is 2. The van der Waals surface area contributed by atoms with Gasteiger partial charge in [-0.2, -0.15) is 0 Å². The van der Waals surface area contributed by atoms with Gasteiger partial charge in [0.05, 0.1) is 23.3 Å². The second kappa shape index (κ2) is 6.73. The van der Waals surface area contributed by atoms with E-state index in [9.17, 15) is 24.8 Å². The van der Waals surface area contributed by atoms with E-state index < -0.39 is 28.2 Å². The average molecular weight is 389 g/mol. The highest BCUT2D eigenvalue weighted by Crippen LogP contribution is 2.43. The summed E-state index contributed by atoms with van der Waals surface area (Å²) < 4.78 is 5.36. The van der Waals surface area contributed by atoms with Gasteiger partial charge in [0.25, 0.3) is 5.91 Å². The number of fused-ring (bicyclic) bond motifs is 1. The Balaban J connectivity index is 2.30. The molecule has 2 aromatic rings. The molecular formula is C18H13ClN2O6. The number of methoxy groups -OCH3 is 1. The minimum absolute atomic E-state index is 0.0374. The van der Waals surface area contributed by atoms with E-state index in [1.807, 2.05) is 0 Å². The summed E-state index contributed by atoms with van der Waals surface area (Å²) in [6, 6.07) is 8.23. The molecule has 0 saturated carbocycles. The Kier molecular flexibility index (Phi) is 4.59. The van der Waals surface area contributed by atoms with E-state index in [4.69, 9.17) is 16.3 Å². The van der Waals surface area contributed by atoms with Crippen LogP contribution in [-0.2, 0) is 14.3 Å². The first-order valence-electron chi connectivity index (χ1n) is 7.67. The normalized spacial score (nSPS) is 14.8. The van der Waals surface area contributed by atoms with Crippen molar-refractivity contribution in [3.8, 4) is 5.75 Å². The predicted octanol–water partition coefficient (Wildman–Crippen LogP) is 3.36. The van der Waals surface area contributed by atoms with Gasteiger partial charge in [0, 0.05) is 29.1 Å². The molecule has 0 radical (unpaired) electrons. The summed E-state index contributed by atoms with van der Waals surface area (Å²) >= 11 is 5.99. The number of imide groups is 1. The fraction of sp³-hybridized carbons (Fsp3) is 0.111. The molecule has 0 aliphatic carbocycles.